The average molecular weight is 278 g/mol. The van der Waals surface area contributed by atoms with E-state index in [0.717, 1.165) is 50.0 Å². The normalized spacial score (nSPS) is 19.2. The van der Waals surface area contributed by atoms with E-state index in [1.165, 1.54) is 18.4 Å². The third kappa shape index (κ3) is 3.87. The minimum Gasteiger partial charge on any atom is -0.494 e. The zero-order valence-electron chi connectivity index (χ0n) is 12.7. The average Bonchev–Trinajstić information content (AvgIpc) is 2.91. The van der Waals surface area contributed by atoms with Crippen LogP contribution in [0.2, 0.25) is 0 Å². The smallest absolute Gasteiger partial charge is 0.334 e. The molecule has 0 spiro atoms. The third-order valence-corrected chi connectivity index (χ3v) is 4.19. The first kappa shape index (κ1) is 15.1. The number of allylic oxidation sites excluding steroid dienone is 2. The summed E-state index contributed by atoms with van der Waals surface area (Å²) in [7, 11) is 0. The van der Waals surface area contributed by atoms with Gasteiger partial charge < -0.3 is 9.47 Å². The minimum absolute atomic E-state index is 0.155. The highest BCUT2D eigenvalue weighted by molar-refractivity contribution is 5.90. The number of esters is 1. The van der Waals surface area contributed by atoms with Gasteiger partial charge in [0.2, 0.25) is 0 Å². The lowest BCUT2D eigenvalue weighted by Gasteiger charge is -2.15. The molecule has 0 aromatic heterocycles. The van der Waals surface area contributed by atoms with E-state index < -0.39 is 0 Å². The fourth-order valence-electron chi connectivity index (χ4n) is 2.77. The van der Waals surface area contributed by atoms with E-state index in [1.54, 1.807) is 0 Å². The molecular formula is C17H26O3. The van der Waals surface area contributed by atoms with Gasteiger partial charge in [-0.1, -0.05) is 33.1 Å². The number of carbonyl (C=O) groups excluding carboxylic acids is 1. The van der Waals surface area contributed by atoms with Crippen LogP contribution in [0.3, 0.4) is 0 Å². The van der Waals surface area contributed by atoms with Gasteiger partial charge in [0.15, 0.2) is 0 Å². The maximum Gasteiger partial charge on any atom is 0.334 e. The zero-order valence-corrected chi connectivity index (χ0v) is 12.7. The standard InChI is InChI=1S/C17H26O3/c1-3-5-7-13(4-2)12-20-17(18)15-10-14-8-6-9-19-16(14)11-15/h11,13H,3-10,12H2,1-2H3. The van der Waals surface area contributed by atoms with Crippen molar-refractivity contribution in [3.05, 3.63) is 23.0 Å². The van der Waals surface area contributed by atoms with Crippen molar-refractivity contribution >= 4 is 5.97 Å². The molecule has 0 fully saturated rings. The number of hydrogen-bond acceptors (Lipinski definition) is 3. The van der Waals surface area contributed by atoms with E-state index in [0.29, 0.717) is 12.5 Å². The van der Waals surface area contributed by atoms with Gasteiger partial charge in [0.25, 0.3) is 0 Å². The van der Waals surface area contributed by atoms with Crippen LogP contribution in [-0.4, -0.2) is 19.2 Å². The number of carbonyl (C=O) groups is 1. The quantitative estimate of drug-likeness (QED) is 0.656. The summed E-state index contributed by atoms with van der Waals surface area (Å²) in [6.45, 7) is 5.68. The van der Waals surface area contributed by atoms with Crippen LogP contribution in [0.4, 0.5) is 0 Å². The Morgan fingerprint density at radius 2 is 2.30 bits per heavy atom. The van der Waals surface area contributed by atoms with Gasteiger partial charge in [-0.3, -0.25) is 0 Å². The second-order valence-electron chi connectivity index (χ2n) is 5.78. The number of rotatable bonds is 7. The second-order valence-corrected chi connectivity index (χ2v) is 5.78. The Labute approximate surface area is 122 Å². The van der Waals surface area contributed by atoms with Gasteiger partial charge in [-0.05, 0) is 36.8 Å². The molecule has 0 aromatic carbocycles. The molecule has 0 saturated carbocycles. The van der Waals surface area contributed by atoms with Crippen molar-refractivity contribution in [1.82, 2.24) is 0 Å². The first-order chi connectivity index (χ1) is 9.74. The molecule has 2 rings (SSSR count). The minimum atomic E-state index is -0.155. The second kappa shape index (κ2) is 7.51. The van der Waals surface area contributed by atoms with E-state index in [-0.39, 0.29) is 5.97 Å². The Bertz CT molecular complexity index is 406. The summed E-state index contributed by atoms with van der Waals surface area (Å²) in [5, 5.41) is 0. The van der Waals surface area contributed by atoms with Crippen molar-refractivity contribution in [3.63, 3.8) is 0 Å². The number of unbranched alkanes of at least 4 members (excludes halogenated alkanes) is 1. The van der Waals surface area contributed by atoms with Gasteiger partial charge in [0, 0.05) is 12.0 Å². The highest BCUT2D eigenvalue weighted by Crippen LogP contribution is 2.33. The van der Waals surface area contributed by atoms with Crippen molar-refractivity contribution in [2.24, 2.45) is 5.92 Å². The lowest BCUT2D eigenvalue weighted by atomic mass is 10.0. The molecular weight excluding hydrogens is 252 g/mol. The summed E-state index contributed by atoms with van der Waals surface area (Å²) in [6.07, 6.45) is 9.35. The zero-order chi connectivity index (χ0) is 14.4. The van der Waals surface area contributed by atoms with Crippen LogP contribution >= 0.6 is 0 Å². The van der Waals surface area contributed by atoms with E-state index >= 15 is 0 Å². The molecule has 1 aliphatic heterocycles. The van der Waals surface area contributed by atoms with Crippen molar-refractivity contribution in [1.29, 1.82) is 0 Å². The molecule has 1 atom stereocenters. The molecule has 1 aliphatic carbocycles. The summed E-state index contributed by atoms with van der Waals surface area (Å²) < 4.78 is 11.1. The van der Waals surface area contributed by atoms with Gasteiger partial charge in [-0.2, -0.15) is 0 Å². The summed E-state index contributed by atoms with van der Waals surface area (Å²) in [6, 6.07) is 0. The van der Waals surface area contributed by atoms with Crippen molar-refractivity contribution in [2.45, 2.75) is 58.8 Å². The van der Waals surface area contributed by atoms with Gasteiger partial charge >= 0.3 is 5.97 Å². The van der Waals surface area contributed by atoms with E-state index in [9.17, 15) is 4.79 Å². The SMILES string of the molecule is CCCCC(CC)COC(=O)C1=CC2=C(CCCO2)C1. The Morgan fingerprint density at radius 1 is 1.45 bits per heavy atom. The summed E-state index contributed by atoms with van der Waals surface area (Å²) >= 11 is 0. The predicted octanol–water partition coefficient (Wildman–Crippen LogP) is 4.14. The Hall–Kier alpha value is -1.25. The Morgan fingerprint density at radius 3 is 3.00 bits per heavy atom. The first-order valence-electron chi connectivity index (χ1n) is 7.97. The molecule has 0 bridgehead atoms. The molecule has 20 heavy (non-hydrogen) atoms. The van der Waals surface area contributed by atoms with Gasteiger partial charge in [-0.25, -0.2) is 4.79 Å². The highest BCUT2D eigenvalue weighted by Gasteiger charge is 2.25. The lowest BCUT2D eigenvalue weighted by Crippen LogP contribution is -2.15. The lowest BCUT2D eigenvalue weighted by molar-refractivity contribution is -0.140. The number of hydrogen-bond donors (Lipinski definition) is 0. The predicted molar refractivity (Wildman–Crippen MR) is 79.2 cm³/mol. The fraction of sp³-hybridized carbons (Fsp3) is 0.706. The molecule has 1 unspecified atom stereocenters. The molecule has 1 heterocycles. The van der Waals surface area contributed by atoms with Crippen molar-refractivity contribution < 1.29 is 14.3 Å². The maximum absolute atomic E-state index is 12.1. The van der Waals surface area contributed by atoms with Crippen LogP contribution in [-0.2, 0) is 14.3 Å². The van der Waals surface area contributed by atoms with E-state index in [4.69, 9.17) is 9.47 Å². The summed E-state index contributed by atoms with van der Waals surface area (Å²) in [4.78, 5) is 12.1. The fourth-order valence-corrected chi connectivity index (χ4v) is 2.77. The Balaban J connectivity index is 1.78. The molecule has 3 nitrogen and oxygen atoms in total. The first-order valence-corrected chi connectivity index (χ1v) is 7.97. The molecule has 0 amide bonds. The molecule has 2 aliphatic rings. The van der Waals surface area contributed by atoms with Crippen LogP contribution in [0.1, 0.15) is 58.8 Å². The third-order valence-electron chi connectivity index (χ3n) is 4.19. The number of ether oxygens (including phenoxy) is 2. The molecule has 0 radical (unpaired) electrons. The molecule has 0 saturated heterocycles. The highest BCUT2D eigenvalue weighted by atomic mass is 16.5. The van der Waals surface area contributed by atoms with Crippen LogP contribution in [0.25, 0.3) is 0 Å². The summed E-state index contributed by atoms with van der Waals surface area (Å²) in [5.41, 5.74) is 2.03. The van der Waals surface area contributed by atoms with Gasteiger partial charge in [0.05, 0.1) is 13.2 Å². The van der Waals surface area contributed by atoms with Gasteiger partial charge in [0.1, 0.15) is 5.76 Å². The largest absolute Gasteiger partial charge is 0.494 e. The topological polar surface area (TPSA) is 35.5 Å². The van der Waals surface area contributed by atoms with Crippen LogP contribution < -0.4 is 0 Å². The molecule has 3 heteroatoms. The van der Waals surface area contributed by atoms with Crippen molar-refractivity contribution in [2.75, 3.05) is 13.2 Å². The molecule has 0 aromatic rings. The van der Waals surface area contributed by atoms with Crippen LogP contribution in [0, 0.1) is 5.92 Å². The maximum atomic E-state index is 12.1. The van der Waals surface area contributed by atoms with Crippen LogP contribution in [0.15, 0.2) is 23.0 Å². The summed E-state index contributed by atoms with van der Waals surface area (Å²) in [5.74, 6) is 1.26. The van der Waals surface area contributed by atoms with E-state index in [1.807, 2.05) is 6.08 Å². The Kier molecular flexibility index (Phi) is 5.69. The molecule has 0 N–H and O–H groups in total. The van der Waals surface area contributed by atoms with Crippen LogP contribution in [0.5, 0.6) is 0 Å². The molecule has 112 valence electrons. The van der Waals surface area contributed by atoms with Crippen molar-refractivity contribution in [3.8, 4) is 0 Å². The monoisotopic (exact) mass is 278 g/mol. The van der Waals surface area contributed by atoms with Gasteiger partial charge in [-0.15, -0.1) is 0 Å². The van der Waals surface area contributed by atoms with E-state index in [2.05, 4.69) is 13.8 Å².